The molecule has 2 aromatic carbocycles. The van der Waals surface area contributed by atoms with Crippen molar-refractivity contribution in [3.8, 4) is 0 Å². The summed E-state index contributed by atoms with van der Waals surface area (Å²) in [7, 11) is 0. The van der Waals surface area contributed by atoms with Crippen LogP contribution in [0, 0.1) is 0 Å². The zero-order valence-electron chi connectivity index (χ0n) is 25.3. The van der Waals surface area contributed by atoms with Crippen LogP contribution < -0.4 is 0 Å². The third-order valence-corrected chi connectivity index (χ3v) is 7.78. The van der Waals surface area contributed by atoms with Gasteiger partial charge in [-0.15, -0.1) is 0 Å². The molecule has 0 spiro atoms. The highest BCUT2D eigenvalue weighted by atomic mass is 16.5. The summed E-state index contributed by atoms with van der Waals surface area (Å²) in [5.41, 5.74) is 4.21. The zero-order valence-corrected chi connectivity index (χ0v) is 25.3. The molecule has 230 valence electrons. The number of fused-ring (bicyclic) bond motifs is 2. The number of rotatable bonds is 18. The van der Waals surface area contributed by atoms with Gasteiger partial charge in [-0.05, 0) is 73.6 Å². The van der Waals surface area contributed by atoms with E-state index in [1.54, 1.807) is 24.7 Å². The summed E-state index contributed by atoms with van der Waals surface area (Å²) in [6.07, 6.45) is 11.2. The lowest BCUT2D eigenvalue weighted by Crippen LogP contribution is -2.08. The lowest BCUT2D eigenvalue weighted by atomic mass is 9.95. The molecule has 44 heavy (non-hydrogen) atoms. The maximum absolute atomic E-state index is 13.1. The molecule has 4 rings (SSSR count). The first-order chi connectivity index (χ1) is 21.4. The third kappa shape index (κ3) is 8.78. The number of hydrogen-bond acceptors (Lipinski definition) is 7. The van der Waals surface area contributed by atoms with Gasteiger partial charge in [0.15, 0.2) is 11.6 Å². The maximum atomic E-state index is 13.1. The number of carbonyl (C=O) groups excluding carboxylic acids is 3. The van der Waals surface area contributed by atoms with Crippen molar-refractivity contribution in [3.05, 3.63) is 83.3 Å². The summed E-state index contributed by atoms with van der Waals surface area (Å²) in [5.74, 6) is -1.13. The number of carbonyl (C=O) groups is 4. The van der Waals surface area contributed by atoms with Gasteiger partial charge in [0, 0.05) is 66.2 Å². The van der Waals surface area contributed by atoms with Crippen LogP contribution in [0.2, 0.25) is 0 Å². The Labute approximate surface area is 257 Å². The largest absolute Gasteiger partial charge is 0.481 e. The first-order valence-electron chi connectivity index (χ1n) is 15.5. The second-order valence-electron chi connectivity index (χ2n) is 11.1. The number of hydrogen-bond donors (Lipinski definition) is 1. The third-order valence-electron chi connectivity index (χ3n) is 7.78. The van der Waals surface area contributed by atoms with E-state index in [9.17, 15) is 19.2 Å². The molecule has 0 fully saturated rings. The molecule has 0 saturated carbocycles. The number of benzene rings is 2. The summed E-state index contributed by atoms with van der Waals surface area (Å²) in [6.45, 7) is 2.38. The Balaban J connectivity index is 1.23. The van der Waals surface area contributed by atoms with Crippen molar-refractivity contribution in [1.29, 1.82) is 0 Å². The van der Waals surface area contributed by atoms with Crippen LogP contribution in [0.1, 0.15) is 103 Å². The molecular formula is C36H40N2O6. The summed E-state index contributed by atoms with van der Waals surface area (Å²) < 4.78 is 5.47. The molecule has 0 bridgehead atoms. The molecule has 2 heterocycles. The van der Waals surface area contributed by atoms with Crippen molar-refractivity contribution < 1.29 is 29.0 Å². The number of esters is 1. The van der Waals surface area contributed by atoms with Crippen LogP contribution >= 0.6 is 0 Å². The summed E-state index contributed by atoms with van der Waals surface area (Å²) >= 11 is 0. The van der Waals surface area contributed by atoms with Crippen LogP contribution in [0.15, 0.2) is 61.1 Å². The molecule has 2 aromatic heterocycles. The number of aliphatic carboxylic acids is 1. The van der Waals surface area contributed by atoms with Gasteiger partial charge >= 0.3 is 11.9 Å². The second kappa shape index (κ2) is 16.4. The molecule has 0 unspecified atom stereocenters. The van der Waals surface area contributed by atoms with Crippen molar-refractivity contribution in [2.45, 2.75) is 84.0 Å². The van der Waals surface area contributed by atoms with Crippen LogP contribution in [0.3, 0.4) is 0 Å². The minimum Gasteiger partial charge on any atom is -0.481 e. The molecule has 0 aliphatic carbocycles. The van der Waals surface area contributed by atoms with Gasteiger partial charge in [0.05, 0.1) is 12.1 Å². The quantitative estimate of drug-likeness (QED) is 0.0712. The van der Waals surface area contributed by atoms with Gasteiger partial charge in [-0.25, -0.2) is 0 Å². The van der Waals surface area contributed by atoms with Gasteiger partial charge in [-0.2, -0.15) is 0 Å². The smallest absolute Gasteiger partial charge is 0.305 e. The number of pyridine rings is 2. The Bertz CT molecular complexity index is 1620. The van der Waals surface area contributed by atoms with E-state index in [2.05, 4.69) is 23.0 Å². The van der Waals surface area contributed by atoms with Gasteiger partial charge in [-0.3, -0.25) is 29.1 Å². The Morgan fingerprint density at radius 1 is 0.727 bits per heavy atom. The van der Waals surface area contributed by atoms with Crippen molar-refractivity contribution in [3.63, 3.8) is 0 Å². The fourth-order valence-electron chi connectivity index (χ4n) is 5.63. The van der Waals surface area contributed by atoms with E-state index in [4.69, 9.17) is 9.84 Å². The van der Waals surface area contributed by atoms with Gasteiger partial charge < -0.3 is 9.84 Å². The van der Waals surface area contributed by atoms with Crippen LogP contribution in [0.25, 0.3) is 21.7 Å². The normalized spacial score (nSPS) is 11.1. The van der Waals surface area contributed by atoms with E-state index < -0.39 is 5.97 Å². The highest BCUT2D eigenvalue weighted by molar-refractivity contribution is 6.09. The number of aryl methyl sites for hydroxylation is 2. The standard InChI is InChI=1S/C36H40N2O6/c1-2-10-25-12-8-15-30-36(25)28(20-21-38-30)31(39)16-4-6-19-34(43)44-22-9-14-26-11-7-13-27-23-37-24-29(35(26)27)32(40)17-3-5-18-33(41)42/h7-8,11-13,15,20-21,23-24H,2-6,9-10,14,16-19,22H2,1H3,(H,41,42). The van der Waals surface area contributed by atoms with E-state index >= 15 is 0 Å². The number of unbranched alkanes of at least 4 members (excludes halogenated alkanes) is 2. The average Bonchev–Trinajstić information content (AvgIpc) is 3.03. The Morgan fingerprint density at radius 2 is 1.41 bits per heavy atom. The van der Waals surface area contributed by atoms with E-state index in [0.29, 0.717) is 56.1 Å². The monoisotopic (exact) mass is 596 g/mol. The predicted octanol–water partition coefficient (Wildman–Crippen LogP) is 7.48. The lowest BCUT2D eigenvalue weighted by molar-refractivity contribution is -0.144. The first-order valence-corrected chi connectivity index (χ1v) is 15.5. The van der Waals surface area contributed by atoms with Crippen LogP contribution in [0.5, 0.6) is 0 Å². The van der Waals surface area contributed by atoms with E-state index in [0.717, 1.165) is 45.6 Å². The molecule has 0 saturated heterocycles. The lowest BCUT2D eigenvalue weighted by Gasteiger charge is -2.11. The number of aromatic nitrogens is 2. The minimum atomic E-state index is -0.863. The predicted molar refractivity (Wildman–Crippen MR) is 170 cm³/mol. The number of nitrogens with zero attached hydrogens (tertiary/aromatic N) is 2. The fraction of sp³-hybridized carbons (Fsp3) is 0.389. The van der Waals surface area contributed by atoms with Crippen molar-refractivity contribution >= 4 is 45.2 Å². The van der Waals surface area contributed by atoms with Crippen molar-refractivity contribution in [1.82, 2.24) is 9.97 Å². The highest BCUT2D eigenvalue weighted by Crippen LogP contribution is 2.26. The Hall–Kier alpha value is -4.46. The SMILES string of the molecule is CCCc1cccc2nccc(C(=O)CCCCC(=O)OCCCc3cccc4cncc(C(=O)CCCCC(=O)O)c34)c12. The minimum absolute atomic E-state index is 0.0477. The van der Waals surface area contributed by atoms with Crippen LogP contribution in [-0.2, 0) is 27.2 Å². The van der Waals surface area contributed by atoms with Gasteiger partial charge in [-0.1, -0.05) is 43.7 Å². The molecule has 1 N–H and O–H groups in total. The fourth-order valence-corrected chi connectivity index (χ4v) is 5.63. The number of Topliss-reactive ketones (excluding diaryl/α,β-unsaturated/α-hetero) is 2. The molecular weight excluding hydrogens is 556 g/mol. The Morgan fingerprint density at radius 3 is 2.16 bits per heavy atom. The topological polar surface area (TPSA) is 124 Å². The van der Waals surface area contributed by atoms with Gasteiger partial charge in [0.1, 0.15) is 0 Å². The molecule has 8 heteroatoms. The molecule has 0 aliphatic rings. The Kier molecular flexibility index (Phi) is 12.1. The molecule has 0 amide bonds. The summed E-state index contributed by atoms with van der Waals surface area (Å²) in [5, 5.41) is 11.5. The van der Waals surface area contributed by atoms with E-state index in [-0.39, 0.29) is 43.4 Å². The second-order valence-corrected chi connectivity index (χ2v) is 11.1. The number of carboxylic acids is 1. The molecule has 0 atom stereocenters. The van der Waals surface area contributed by atoms with Crippen LogP contribution in [-0.4, -0.2) is 45.2 Å². The molecule has 0 radical (unpaired) electrons. The molecule has 4 aromatic rings. The van der Waals surface area contributed by atoms with E-state index in [1.165, 1.54) is 0 Å². The number of ketones is 2. The van der Waals surface area contributed by atoms with Crippen molar-refractivity contribution in [2.24, 2.45) is 0 Å². The zero-order chi connectivity index (χ0) is 31.3. The van der Waals surface area contributed by atoms with Crippen molar-refractivity contribution in [2.75, 3.05) is 6.61 Å². The first kappa shape index (κ1) is 32.5. The summed E-state index contributed by atoms with van der Waals surface area (Å²) in [4.78, 5) is 57.8. The number of carboxylic acid groups (broad SMARTS) is 1. The van der Waals surface area contributed by atoms with Crippen LogP contribution in [0.4, 0.5) is 0 Å². The van der Waals surface area contributed by atoms with E-state index in [1.807, 2.05) is 30.3 Å². The number of ether oxygens (including phenoxy) is 1. The average molecular weight is 597 g/mol. The molecule has 0 aliphatic heterocycles. The van der Waals surface area contributed by atoms with Gasteiger partial charge in [0.25, 0.3) is 0 Å². The summed E-state index contributed by atoms with van der Waals surface area (Å²) in [6, 6.07) is 13.6. The highest BCUT2D eigenvalue weighted by Gasteiger charge is 2.16. The van der Waals surface area contributed by atoms with Gasteiger partial charge in [0.2, 0.25) is 0 Å². The molecule has 8 nitrogen and oxygen atoms in total. The maximum Gasteiger partial charge on any atom is 0.305 e.